The number of esters is 1. The molecule has 0 aliphatic heterocycles. The highest BCUT2D eigenvalue weighted by atomic mass is 16.5. The lowest BCUT2D eigenvalue weighted by Crippen LogP contribution is -2.40. The van der Waals surface area contributed by atoms with Gasteiger partial charge in [0.15, 0.2) is 0 Å². The highest BCUT2D eigenvalue weighted by Crippen LogP contribution is 2.21. The number of hydrogen-bond acceptors (Lipinski definition) is 2. The molecule has 150 valence electrons. The van der Waals surface area contributed by atoms with Crippen LogP contribution >= 0.6 is 0 Å². The van der Waals surface area contributed by atoms with Crippen molar-refractivity contribution in [1.82, 2.24) is 0 Å². The topological polar surface area (TPSA) is 26.3 Å². The average molecular weight is 357 g/mol. The summed E-state index contributed by atoms with van der Waals surface area (Å²) in [5.74, 6) is -0.0456. The zero-order chi connectivity index (χ0) is 19.2. The lowest BCUT2D eigenvalue weighted by atomic mass is 9.91. The Kier molecular flexibility index (Phi) is 13.3. The lowest BCUT2D eigenvalue weighted by molar-refractivity contribution is -0.890. The SMILES string of the molecule is CCC[N+](C)(C)CCCCCCCCCCCOC(=O)C(C)(C)CC. The second kappa shape index (κ2) is 13.6. The highest BCUT2D eigenvalue weighted by molar-refractivity contribution is 5.75. The monoisotopic (exact) mass is 356 g/mol. The first kappa shape index (κ1) is 24.4. The second-order valence-corrected chi connectivity index (χ2v) is 8.94. The van der Waals surface area contributed by atoms with Gasteiger partial charge in [0, 0.05) is 0 Å². The molecule has 0 bridgehead atoms. The van der Waals surface area contributed by atoms with E-state index in [1.165, 1.54) is 75.4 Å². The van der Waals surface area contributed by atoms with Gasteiger partial charge in [-0.15, -0.1) is 0 Å². The van der Waals surface area contributed by atoms with Gasteiger partial charge in [-0.2, -0.15) is 0 Å². The van der Waals surface area contributed by atoms with Crippen molar-refractivity contribution < 1.29 is 14.0 Å². The fraction of sp³-hybridized carbons (Fsp3) is 0.955. The molecular formula is C22H46NO2+. The molecule has 0 heterocycles. The number of hydrogen-bond donors (Lipinski definition) is 0. The minimum atomic E-state index is -0.329. The number of ether oxygens (including phenoxy) is 1. The highest BCUT2D eigenvalue weighted by Gasteiger charge is 2.26. The molecule has 0 aromatic carbocycles. The van der Waals surface area contributed by atoms with Crippen LogP contribution in [-0.2, 0) is 9.53 Å². The first-order valence-electron chi connectivity index (χ1n) is 10.7. The van der Waals surface area contributed by atoms with Crippen molar-refractivity contribution in [2.45, 2.75) is 98.3 Å². The van der Waals surface area contributed by atoms with Gasteiger partial charge < -0.3 is 9.22 Å². The minimum Gasteiger partial charge on any atom is -0.465 e. The van der Waals surface area contributed by atoms with Crippen LogP contribution in [0.5, 0.6) is 0 Å². The van der Waals surface area contributed by atoms with Crippen LogP contribution in [0, 0.1) is 5.41 Å². The Bertz CT molecular complexity index is 337. The van der Waals surface area contributed by atoms with E-state index in [4.69, 9.17) is 4.74 Å². The summed E-state index contributed by atoms with van der Waals surface area (Å²) < 4.78 is 6.55. The van der Waals surface area contributed by atoms with E-state index in [1.807, 2.05) is 20.8 Å². The molecule has 0 spiro atoms. The van der Waals surface area contributed by atoms with E-state index in [9.17, 15) is 4.79 Å². The third kappa shape index (κ3) is 13.3. The summed E-state index contributed by atoms with van der Waals surface area (Å²) in [6.45, 7) is 11.4. The summed E-state index contributed by atoms with van der Waals surface area (Å²) in [5.41, 5.74) is -0.329. The van der Waals surface area contributed by atoms with Crippen LogP contribution < -0.4 is 0 Å². The predicted octanol–water partition coefficient (Wildman–Crippen LogP) is 5.96. The molecule has 0 saturated heterocycles. The van der Waals surface area contributed by atoms with E-state index in [0.29, 0.717) is 6.61 Å². The summed E-state index contributed by atoms with van der Waals surface area (Å²) in [6, 6.07) is 0. The molecule has 0 fully saturated rings. The Morgan fingerprint density at radius 2 is 1.28 bits per heavy atom. The molecule has 0 aromatic rings. The summed E-state index contributed by atoms with van der Waals surface area (Å²) in [5, 5.41) is 0. The molecule has 25 heavy (non-hydrogen) atoms. The zero-order valence-electron chi connectivity index (χ0n) is 18.2. The van der Waals surface area contributed by atoms with Crippen molar-refractivity contribution >= 4 is 5.97 Å². The Hall–Kier alpha value is -0.570. The van der Waals surface area contributed by atoms with E-state index < -0.39 is 0 Å². The summed E-state index contributed by atoms with van der Waals surface area (Å²) >= 11 is 0. The molecule has 0 amide bonds. The Balaban J connectivity index is 3.36. The van der Waals surface area contributed by atoms with Crippen LogP contribution in [0.3, 0.4) is 0 Å². The third-order valence-corrected chi connectivity index (χ3v) is 5.41. The van der Waals surface area contributed by atoms with Crippen molar-refractivity contribution in [3.8, 4) is 0 Å². The van der Waals surface area contributed by atoms with Gasteiger partial charge in [-0.05, 0) is 46.0 Å². The molecule has 0 rings (SSSR count). The molecule has 3 nitrogen and oxygen atoms in total. The maximum Gasteiger partial charge on any atom is 0.311 e. The summed E-state index contributed by atoms with van der Waals surface area (Å²) in [6.07, 6.45) is 13.8. The minimum absolute atomic E-state index is 0.0456. The molecule has 0 radical (unpaired) electrons. The molecule has 0 aliphatic carbocycles. The van der Waals surface area contributed by atoms with Crippen LogP contribution in [-0.4, -0.2) is 44.2 Å². The van der Waals surface area contributed by atoms with Crippen LogP contribution in [0.2, 0.25) is 0 Å². The van der Waals surface area contributed by atoms with E-state index in [1.54, 1.807) is 0 Å². The van der Waals surface area contributed by atoms with Crippen molar-refractivity contribution in [2.24, 2.45) is 5.41 Å². The van der Waals surface area contributed by atoms with Crippen LogP contribution in [0.15, 0.2) is 0 Å². The van der Waals surface area contributed by atoms with E-state index in [0.717, 1.165) is 12.8 Å². The lowest BCUT2D eigenvalue weighted by Gasteiger charge is -2.29. The fourth-order valence-electron chi connectivity index (χ4n) is 3.10. The smallest absolute Gasteiger partial charge is 0.311 e. The quantitative estimate of drug-likeness (QED) is 0.194. The van der Waals surface area contributed by atoms with E-state index in [2.05, 4.69) is 21.0 Å². The molecule has 0 N–H and O–H groups in total. The summed E-state index contributed by atoms with van der Waals surface area (Å²) in [4.78, 5) is 11.8. The van der Waals surface area contributed by atoms with Gasteiger partial charge in [-0.3, -0.25) is 4.79 Å². The van der Waals surface area contributed by atoms with Crippen molar-refractivity contribution in [3.63, 3.8) is 0 Å². The van der Waals surface area contributed by atoms with Gasteiger partial charge in [0.25, 0.3) is 0 Å². The maximum absolute atomic E-state index is 11.8. The van der Waals surface area contributed by atoms with Gasteiger partial charge in [-0.25, -0.2) is 0 Å². The number of carbonyl (C=O) groups excluding carboxylic acids is 1. The van der Waals surface area contributed by atoms with Crippen LogP contribution in [0.4, 0.5) is 0 Å². The number of rotatable bonds is 16. The number of unbranched alkanes of at least 4 members (excludes halogenated alkanes) is 8. The van der Waals surface area contributed by atoms with Gasteiger partial charge >= 0.3 is 5.97 Å². The third-order valence-electron chi connectivity index (χ3n) is 5.41. The Morgan fingerprint density at radius 3 is 1.76 bits per heavy atom. The van der Waals surface area contributed by atoms with Crippen molar-refractivity contribution in [1.29, 1.82) is 0 Å². The summed E-state index contributed by atoms with van der Waals surface area (Å²) in [7, 11) is 4.70. The van der Waals surface area contributed by atoms with Gasteiger partial charge in [0.05, 0.1) is 39.2 Å². The van der Waals surface area contributed by atoms with Crippen LogP contribution in [0.1, 0.15) is 98.3 Å². The molecule has 3 heteroatoms. The standard InChI is InChI=1S/C22H46NO2/c1-7-18-23(5,6)19-16-14-12-10-9-11-13-15-17-20-25-21(24)22(3,4)8-2/h7-20H2,1-6H3/q+1. The zero-order valence-corrected chi connectivity index (χ0v) is 18.2. The first-order valence-corrected chi connectivity index (χ1v) is 10.7. The maximum atomic E-state index is 11.8. The fourth-order valence-corrected chi connectivity index (χ4v) is 3.10. The largest absolute Gasteiger partial charge is 0.465 e. The van der Waals surface area contributed by atoms with Crippen LogP contribution in [0.25, 0.3) is 0 Å². The molecular weight excluding hydrogens is 310 g/mol. The van der Waals surface area contributed by atoms with Gasteiger partial charge in [0.1, 0.15) is 0 Å². The van der Waals surface area contributed by atoms with Crippen molar-refractivity contribution in [2.75, 3.05) is 33.8 Å². The Labute approximate surface area is 158 Å². The first-order chi connectivity index (χ1) is 11.7. The van der Waals surface area contributed by atoms with E-state index >= 15 is 0 Å². The molecule has 0 aromatic heterocycles. The normalized spacial score (nSPS) is 12.4. The Morgan fingerprint density at radius 1 is 0.800 bits per heavy atom. The predicted molar refractivity (Wildman–Crippen MR) is 109 cm³/mol. The van der Waals surface area contributed by atoms with E-state index in [-0.39, 0.29) is 11.4 Å². The van der Waals surface area contributed by atoms with Gasteiger partial charge in [0.2, 0.25) is 0 Å². The van der Waals surface area contributed by atoms with Gasteiger partial charge in [-0.1, -0.05) is 52.4 Å². The molecule has 0 saturated carbocycles. The van der Waals surface area contributed by atoms with Crippen molar-refractivity contribution in [3.05, 3.63) is 0 Å². The number of carbonyl (C=O) groups is 1. The molecule has 0 atom stereocenters. The number of quaternary nitrogens is 1. The number of nitrogens with zero attached hydrogens (tertiary/aromatic N) is 1. The second-order valence-electron chi connectivity index (χ2n) is 8.94. The molecule has 0 aliphatic rings. The molecule has 0 unspecified atom stereocenters. The average Bonchev–Trinajstić information content (AvgIpc) is 2.55.